The average Bonchev–Trinajstić information content (AvgIpc) is 2.50. The Balaban J connectivity index is 3.46. The molecule has 0 fully saturated rings. The fourth-order valence-corrected chi connectivity index (χ4v) is 2.79. The molecule has 134 valence electrons. The molecular weight excluding hydrogens is 272 g/mol. The van der Waals surface area contributed by atoms with E-state index in [1.54, 1.807) is 0 Å². The molecule has 1 N–H and O–H groups in total. The summed E-state index contributed by atoms with van der Waals surface area (Å²) >= 11 is 0. The van der Waals surface area contributed by atoms with Gasteiger partial charge in [-0.2, -0.15) is 0 Å². The molecule has 0 spiro atoms. The summed E-state index contributed by atoms with van der Waals surface area (Å²) in [4.78, 5) is 4.76. The molecule has 22 heavy (non-hydrogen) atoms. The van der Waals surface area contributed by atoms with Gasteiger partial charge in [0.1, 0.15) is 0 Å². The highest BCUT2D eigenvalue weighted by Gasteiger charge is 2.04. The minimum Gasteiger partial charge on any atom is -0.396 e. The van der Waals surface area contributed by atoms with Gasteiger partial charge in [-0.25, -0.2) is 0 Å². The summed E-state index contributed by atoms with van der Waals surface area (Å²) < 4.78 is 0. The van der Waals surface area contributed by atoms with E-state index >= 15 is 0 Å². The van der Waals surface area contributed by atoms with Crippen LogP contribution < -0.4 is 0 Å². The number of hydrogen-bond acceptors (Lipinski definition) is 3. The summed E-state index contributed by atoms with van der Waals surface area (Å²) in [5.74, 6) is 0. The van der Waals surface area contributed by atoms with Gasteiger partial charge in [0.15, 0.2) is 0 Å². The maximum absolute atomic E-state index is 9.00. The normalized spacial score (nSPS) is 11.7. The highest BCUT2D eigenvalue weighted by atomic mass is 16.3. The lowest BCUT2D eigenvalue weighted by molar-refractivity contribution is 0.205. The first-order valence-electron chi connectivity index (χ1n) is 9.68. The average molecular weight is 315 g/mol. The largest absolute Gasteiger partial charge is 0.396 e. The summed E-state index contributed by atoms with van der Waals surface area (Å²) in [6, 6.07) is 0. The SMILES string of the molecule is CCCCCCCCCCCCN(CCCO)CCN(C)C. The Morgan fingerprint density at radius 2 is 1.09 bits per heavy atom. The molecule has 0 saturated carbocycles. The monoisotopic (exact) mass is 314 g/mol. The molecule has 3 nitrogen and oxygen atoms in total. The van der Waals surface area contributed by atoms with Crippen molar-refractivity contribution in [1.82, 2.24) is 9.80 Å². The van der Waals surface area contributed by atoms with E-state index in [-0.39, 0.29) is 0 Å². The molecule has 0 bridgehead atoms. The molecule has 0 saturated heterocycles. The first-order chi connectivity index (χ1) is 10.7. The maximum Gasteiger partial charge on any atom is 0.0443 e. The van der Waals surface area contributed by atoms with Crippen molar-refractivity contribution in [2.75, 3.05) is 46.9 Å². The molecule has 0 heterocycles. The van der Waals surface area contributed by atoms with E-state index < -0.39 is 0 Å². The molecule has 0 aromatic heterocycles. The van der Waals surface area contributed by atoms with Gasteiger partial charge in [-0.1, -0.05) is 64.7 Å². The number of aliphatic hydroxyl groups excluding tert-OH is 1. The van der Waals surface area contributed by atoms with Gasteiger partial charge in [0, 0.05) is 26.2 Å². The van der Waals surface area contributed by atoms with Gasteiger partial charge in [0.05, 0.1) is 0 Å². The number of aliphatic hydroxyl groups is 1. The van der Waals surface area contributed by atoms with Crippen LogP contribution in [0.15, 0.2) is 0 Å². The Labute approximate surface area is 140 Å². The first kappa shape index (κ1) is 21.9. The smallest absolute Gasteiger partial charge is 0.0443 e. The Hall–Kier alpha value is -0.120. The van der Waals surface area contributed by atoms with Crippen LogP contribution >= 0.6 is 0 Å². The van der Waals surface area contributed by atoms with Crippen LogP contribution in [0.1, 0.15) is 77.6 Å². The lowest BCUT2D eigenvalue weighted by Gasteiger charge is -2.23. The predicted molar refractivity (Wildman–Crippen MR) is 98.5 cm³/mol. The summed E-state index contributed by atoms with van der Waals surface area (Å²) in [6.45, 7) is 7.08. The number of hydrogen-bond donors (Lipinski definition) is 1. The summed E-state index contributed by atoms with van der Waals surface area (Å²) in [7, 11) is 4.26. The van der Waals surface area contributed by atoms with E-state index in [1.807, 2.05) is 0 Å². The number of nitrogens with zero attached hydrogens (tertiary/aromatic N) is 2. The van der Waals surface area contributed by atoms with Gasteiger partial charge in [0.2, 0.25) is 0 Å². The molecule has 0 aliphatic carbocycles. The molecule has 0 aromatic rings. The zero-order chi connectivity index (χ0) is 16.5. The second-order valence-electron chi connectivity index (χ2n) is 6.90. The molecule has 0 radical (unpaired) electrons. The van der Waals surface area contributed by atoms with Crippen molar-refractivity contribution in [3.8, 4) is 0 Å². The quantitative estimate of drug-likeness (QED) is 0.409. The van der Waals surface area contributed by atoms with Crippen LogP contribution in [0.4, 0.5) is 0 Å². The van der Waals surface area contributed by atoms with Crippen molar-refractivity contribution < 1.29 is 5.11 Å². The molecule has 0 aromatic carbocycles. The van der Waals surface area contributed by atoms with E-state index in [2.05, 4.69) is 30.8 Å². The Kier molecular flexibility index (Phi) is 17.1. The predicted octanol–water partition coefficient (Wildman–Crippen LogP) is 4.15. The number of likely N-dealkylation sites (N-methyl/N-ethyl adjacent to an activating group) is 1. The van der Waals surface area contributed by atoms with Crippen molar-refractivity contribution in [1.29, 1.82) is 0 Å². The van der Waals surface area contributed by atoms with E-state index in [4.69, 9.17) is 5.11 Å². The van der Waals surface area contributed by atoms with Gasteiger partial charge in [-0.15, -0.1) is 0 Å². The minimum absolute atomic E-state index is 0.316. The van der Waals surface area contributed by atoms with Crippen LogP contribution in [0.2, 0.25) is 0 Å². The minimum atomic E-state index is 0.316. The Morgan fingerprint density at radius 1 is 0.591 bits per heavy atom. The summed E-state index contributed by atoms with van der Waals surface area (Å²) in [6.07, 6.45) is 14.9. The van der Waals surface area contributed by atoms with Crippen molar-refractivity contribution >= 4 is 0 Å². The van der Waals surface area contributed by atoms with Crippen molar-refractivity contribution in [3.63, 3.8) is 0 Å². The third-order valence-electron chi connectivity index (χ3n) is 4.32. The van der Waals surface area contributed by atoms with Crippen molar-refractivity contribution in [2.45, 2.75) is 77.6 Å². The molecule has 0 atom stereocenters. The van der Waals surface area contributed by atoms with Crippen LogP contribution in [0.3, 0.4) is 0 Å². The van der Waals surface area contributed by atoms with Crippen LogP contribution in [0.25, 0.3) is 0 Å². The summed E-state index contributed by atoms with van der Waals surface area (Å²) in [5, 5.41) is 9.00. The molecule has 0 aliphatic rings. The Bertz CT molecular complexity index is 210. The third kappa shape index (κ3) is 16.3. The van der Waals surface area contributed by atoms with Gasteiger partial charge in [-0.3, -0.25) is 0 Å². The van der Waals surface area contributed by atoms with E-state index in [0.717, 1.165) is 26.1 Å². The van der Waals surface area contributed by atoms with Crippen LogP contribution in [0.5, 0.6) is 0 Å². The van der Waals surface area contributed by atoms with E-state index in [9.17, 15) is 0 Å². The van der Waals surface area contributed by atoms with Gasteiger partial charge < -0.3 is 14.9 Å². The molecule has 0 aliphatic heterocycles. The van der Waals surface area contributed by atoms with Gasteiger partial charge in [-0.05, 0) is 33.5 Å². The zero-order valence-electron chi connectivity index (χ0n) is 15.7. The summed E-state index contributed by atoms with van der Waals surface area (Å²) in [5.41, 5.74) is 0. The van der Waals surface area contributed by atoms with Crippen LogP contribution in [-0.2, 0) is 0 Å². The molecule has 0 amide bonds. The maximum atomic E-state index is 9.00. The zero-order valence-corrected chi connectivity index (χ0v) is 15.7. The van der Waals surface area contributed by atoms with Gasteiger partial charge in [0.25, 0.3) is 0 Å². The van der Waals surface area contributed by atoms with Gasteiger partial charge >= 0.3 is 0 Å². The van der Waals surface area contributed by atoms with Crippen molar-refractivity contribution in [2.24, 2.45) is 0 Å². The second kappa shape index (κ2) is 17.2. The molecule has 0 rings (SSSR count). The standard InChI is InChI=1S/C19H42N2O/c1-4-5-6-7-8-9-10-11-12-13-15-21(16-14-19-22)18-17-20(2)3/h22H,4-19H2,1-3H3. The molecule has 0 unspecified atom stereocenters. The molecule has 3 heteroatoms. The van der Waals surface area contributed by atoms with Crippen LogP contribution in [0, 0.1) is 0 Å². The third-order valence-corrected chi connectivity index (χ3v) is 4.32. The first-order valence-corrected chi connectivity index (χ1v) is 9.68. The molecular formula is C19H42N2O. The van der Waals surface area contributed by atoms with Crippen molar-refractivity contribution in [3.05, 3.63) is 0 Å². The van der Waals surface area contributed by atoms with E-state index in [0.29, 0.717) is 6.61 Å². The fourth-order valence-electron chi connectivity index (χ4n) is 2.79. The van der Waals surface area contributed by atoms with E-state index in [1.165, 1.54) is 70.8 Å². The Morgan fingerprint density at radius 3 is 1.59 bits per heavy atom. The topological polar surface area (TPSA) is 26.7 Å². The second-order valence-corrected chi connectivity index (χ2v) is 6.90. The lowest BCUT2D eigenvalue weighted by atomic mass is 10.1. The highest BCUT2D eigenvalue weighted by Crippen LogP contribution is 2.10. The number of unbranched alkanes of at least 4 members (excludes halogenated alkanes) is 9. The fraction of sp³-hybridized carbons (Fsp3) is 1.00. The highest BCUT2D eigenvalue weighted by molar-refractivity contribution is 4.60. The lowest BCUT2D eigenvalue weighted by Crippen LogP contribution is -2.33. The number of rotatable bonds is 17. The van der Waals surface area contributed by atoms with Crippen LogP contribution in [-0.4, -0.2) is 61.8 Å².